The number of carbonyl (C=O) groups is 1. The highest BCUT2D eigenvalue weighted by molar-refractivity contribution is 6.34. The zero-order valence-electron chi connectivity index (χ0n) is 8.33. The molecular weight excluding hydrogens is 179 g/mol. The summed E-state index contributed by atoms with van der Waals surface area (Å²) in [5.41, 5.74) is -0.0859. The fourth-order valence-electron chi connectivity index (χ4n) is 1.51. The van der Waals surface area contributed by atoms with E-state index in [1.54, 1.807) is 0 Å². The van der Waals surface area contributed by atoms with Crippen LogP contribution in [0.5, 0.6) is 0 Å². The van der Waals surface area contributed by atoms with E-state index in [0.29, 0.717) is 0 Å². The largest absolute Gasteiger partial charge is 0.436 e. The van der Waals surface area contributed by atoms with Gasteiger partial charge >= 0.3 is 5.97 Å². The molecule has 0 aromatic carbocycles. The third kappa shape index (κ3) is 3.96. The molecule has 1 aliphatic rings. The molecule has 0 heterocycles. The number of esters is 1. The summed E-state index contributed by atoms with van der Waals surface area (Å²) >= 11 is 0. The SMILES string of the molecule is [B]C(=C)C(=O)OCOC1CCCCC1. The zero-order valence-corrected chi connectivity index (χ0v) is 8.33. The topological polar surface area (TPSA) is 35.5 Å². The van der Waals surface area contributed by atoms with Crippen LogP contribution in [0.1, 0.15) is 32.1 Å². The van der Waals surface area contributed by atoms with Crippen LogP contribution in [0.4, 0.5) is 0 Å². The van der Waals surface area contributed by atoms with E-state index in [2.05, 4.69) is 6.58 Å². The Labute approximate surface area is 85.9 Å². The Balaban J connectivity index is 2.08. The van der Waals surface area contributed by atoms with Gasteiger partial charge in [0.25, 0.3) is 0 Å². The average Bonchev–Trinajstić information content (AvgIpc) is 2.19. The van der Waals surface area contributed by atoms with Crippen LogP contribution < -0.4 is 0 Å². The zero-order chi connectivity index (χ0) is 10.4. The Hall–Kier alpha value is -0.765. The van der Waals surface area contributed by atoms with E-state index < -0.39 is 5.97 Å². The molecule has 0 amide bonds. The lowest BCUT2D eigenvalue weighted by molar-refractivity contribution is -0.156. The maximum atomic E-state index is 10.9. The maximum absolute atomic E-state index is 10.9. The van der Waals surface area contributed by atoms with Gasteiger partial charge < -0.3 is 9.47 Å². The van der Waals surface area contributed by atoms with Gasteiger partial charge in [-0.25, -0.2) is 4.79 Å². The number of rotatable bonds is 4. The van der Waals surface area contributed by atoms with Crippen LogP contribution in [0.25, 0.3) is 0 Å². The number of carbonyl (C=O) groups excluding carboxylic acids is 1. The van der Waals surface area contributed by atoms with Crippen LogP contribution in [-0.4, -0.2) is 26.7 Å². The minimum atomic E-state index is -0.596. The van der Waals surface area contributed by atoms with E-state index in [4.69, 9.17) is 17.3 Å². The Morgan fingerprint density at radius 3 is 2.57 bits per heavy atom. The van der Waals surface area contributed by atoms with E-state index in [1.807, 2.05) is 0 Å². The predicted octanol–water partition coefficient (Wildman–Crippen LogP) is 1.52. The Bertz CT molecular complexity index is 209. The summed E-state index contributed by atoms with van der Waals surface area (Å²) in [6, 6.07) is 0. The first-order chi connectivity index (χ1) is 6.70. The molecule has 2 radical (unpaired) electrons. The number of hydrogen-bond donors (Lipinski definition) is 0. The lowest BCUT2D eigenvalue weighted by Crippen LogP contribution is -2.20. The third-order valence-electron chi connectivity index (χ3n) is 2.31. The maximum Gasteiger partial charge on any atom is 0.325 e. The van der Waals surface area contributed by atoms with Crippen molar-refractivity contribution >= 4 is 13.8 Å². The molecule has 0 aliphatic heterocycles. The molecule has 0 spiro atoms. The van der Waals surface area contributed by atoms with E-state index >= 15 is 0 Å². The highest BCUT2D eigenvalue weighted by Crippen LogP contribution is 2.20. The molecule has 1 saturated carbocycles. The van der Waals surface area contributed by atoms with Crippen LogP contribution in [-0.2, 0) is 14.3 Å². The Morgan fingerprint density at radius 2 is 2.00 bits per heavy atom. The van der Waals surface area contributed by atoms with Gasteiger partial charge in [0.2, 0.25) is 0 Å². The van der Waals surface area contributed by atoms with Crippen LogP contribution in [0.15, 0.2) is 12.1 Å². The molecule has 14 heavy (non-hydrogen) atoms. The summed E-state index contributed by atoms with van der Waals surface area (Å²) in [6.45, 7) is 3.25. The molecule has 1 aliphatic carbocycles. The van der Waals surface area contributed by atoms with Gasteiger partial charge in [-0.1, -0.05) is 25.8 Å². The van der Waals surface area contributed by atoms with Crippen molar-refractivity contribution in [3.63, 3.8) is 0 Å². The van der Waals surface area contributed by atoms with Crippen LogP contribution >= 0.6 is 0 Å². The van der Waals surface area contributed by atoms with Crippen molar-refractivity contribution in [2.24, 2.45) is 0 Å². The third-order valence-corrected chi connectivity index (χ3v) is 2.31. The first-order valence-corrected chi connectivity index (χ1v) is 4.93. The van der Waals surface area contributed by atoms with Crippen molar-refractivity contribution in [2.45, 2.75) is 38.2 Å². The molecule has 0 aromatic rings. The van der Waals surface area contributed by atoms with Gasteiger partial charge in [0.05, 0.1) is 6.10 Å². The highest BCUT2D eigenvalue weighted by atomic mass is 16.7. The quantitative estimate of drug-likeness (QED) is 0.294. The second kappa shape index (κ2) is 5.86. The van der Waals surface area contributed by atoms with Gasteiger partial charge in [-0.15, -0.1) is 0 Å². The molecule has 0 aromatic heterocycles. The smallest absolute Gasteiger partial charge is 0.325 e. The van der Waals surface area contributed by atoms with E-state index in [-0.39, 0.29) is 18.4 Å². The molecule has 0 bridgehead atoms. The summed E-state index contributed by atoms with van der Waals surface area (Å²) < 4.78 is 10.1. The lowest BCUT2D eigenvalue weighted by atomic mass is 9.98. The molecule has 0 unspecified atom stereocenters. The van der Waals surface area contributed by atoms with Crippen molar-refractivity contribution in [2.75, 3.05) is 6.79 Å². The van der Waals surface area contributed by atoms with Crippen LogP contribution in [0, 0.1) is 0 Å². The fraction of sp³-hybridized carbons (Fsp3) is 0.700. The highest BCUT2D eigenvalue weighted by Gasteiger charge is 2.14. The second-order valence-corrected chi connectivity index (χ2v) is 3.50. The van der Waals surface area contributed by atoms with Gasteiger partial charge in [-0.3, -0.25) is 0 Å². The first kappa shape index (κ1) is 11.3. The van der Waals surface area contributed by atoms with Crippen LogP contribution in [0.2, 0.25) is 0 Å². The fourth-order valence-corrected chi connectivity index (χ4v) is 1.51. The predicted molar refractivity (Wildman–Crippen MR) is 53.8 cm³/mol. The summed E-state index contributed by atoms with van der Waals surface area (Å²) in [6.07, 6.45) is 6.02. The molecule has 76 valence electrons. The van der Waals surface area contributed by atoms with Crippen molar-refractivity contribution in [1.82, 2.24) is 0 Å². The Kier molecular flexibility index (Phi) is 4.73. The standard InChI is InChI=1S/C10H15BO3/c1-8(11)10(12)14-7-13-9-5-3-2-4-6-9/h9H,1-7H2. The summed E-state index contributed by atoms with van der Waals surface area (Å²) in [7, 11) is 5.13. The monoisotopic (exact) mass is 194 g/mol. The summed E-state index contributed by atoms with van der Waals surface area (Å²) in [5, 5.41) is 0. The van der Waals surface area contributed by atoms with Gasteiger partial charge in [-0.05, 0) is 18.3 Å². The Morgan fingerprint density at radius 1 is 1.36 bits per heavy atom. The van der Waals surface area contributed by atoms with Crippen molar-refractivity contribution in [1.29, 1.82) is 0 Å². The van der Waals surface area contributed by atoms with E-state index in [0.717, 1.165) is 12.8 Å². The van der Waals surface area contributed by atoms with Crippen molar-refractivity contribution in [3.8, 4) is 0 Å². The molecule has 1 fully saturated rings. The molecule has 3 nitrogen and oxygen atoms in total. The molecule has 4 heteroatoms. The first-order valence-electron chi connectivity index (χ1n) is 4.93. The lowest BCUT2D eigenvalue weighted by Gasteiger charge is -2.21. The molecule has 1 rings (SSSR count). The minimum Gasteiger partial charge on any atom is -0.436 e. The molecule has 0 atom stereocenters. The summed E-state index contributed by atoms with van der Waals surface area (Å²) in [4.78, 5) is 10.9. The second-order valence-electron chi connectivity index (χ2n) is 3.50. The van der Waals surface area contributed by atoms with Crippen LogP contribution in [0.3, 0.4) is 0 Å². The van der Waals surface area contributed by atoms with Gasteiger partial charge in [0.1, 0.15) is 7.85 Å². The summed E-state index contributed by atoms with van der Waals surface area (Å²) in [5.74, 6) is -0.596. The van der Waals surface area contributed by atoms with Gasteiger partial charge in [0, 0.05) is 0 Å². The average molecular weight is 194 g/mol. The number of ether oxygens (including phenoxy) is 2. The van der Waals surface area contributed by atoms with Gasteiger partial charge in [0.15, 0.2) is 6.79 Å². The van der Waals surface area contributed by atoms with Crippen molar-refractivity contribution < 1.29 is 14.3 Å². The molecule has 0 saturated heterocycles. The molecular formula is C10H15BO3. The van der Waals surface area contributed by atoms with E-state index in [9.17, 15) is 4.79 Å². The normalized spacial score (nSPS) is 17.7. The minimum absolute atomic E-state index is 0.0142. The van der Waals surface area contributed by atoms with E-state index in [1.165, 1.54) is 19.3 Å². The van der Waals surface area contributed by atoms with Gasteiger partial charge in [-0.2, -0.15) is 0 Å². The van der Waals surface area contributed by atoms with Crippen molar-refractivity contribution in [3.05, 3.63) is 12.1 Å². The molecule has 0 N–H and O–H groups in total. The number of hydrogen-bond acceptors (Lipinski definition) is 3.